The second-order valence-electron chi connectivity index (χ2n) is 8.70. The van der Waals surface area contributed by atoms with Crippen LogP contribution in [0.15, 0.2) is 41.1 Å². The first-order valence-electron chi connectivity index (χ1n) is 11.4. The molecule has 11 heteroatoms. The topological polar surface area (TPSA) is 150 Å². The predicted octanol–water partition coefficient (Wildman–Crippen LogP) is 1.83. The van der Waals surface area contributed by atoms with Crippen molar-refractivity contribution in [2.45, 2.75) is 38.3 Å². The third kappa shape index (κ3) is 4.10. The van der Waals surface area contributed by atoms with Gasteiger partial charge < -0.3 is 14.6 Å². The summed E-state index contributed by atoms with van der Waals surface area (Å²) in [5.74, 6) is 0.795. The Kier molecular flexibility index (Phi) is 5.18. The molecule has 11 nitrogen and oxygen atoms in total. The lowest BCUT2D eigenvalue weighted by Gasteiger charge is -2.25. The molecule has 0 spiro atoms. The Labute approximate surface area is 200 Å². The van der Waals surface area contributed by atoms with Crippen LogP contribution >= 0.6 is 0 Å². The van der Waals surface area contributed by atoms with E-state index in [0.717, 1.165) is 24.2 Å². The Hall–Kier alpha value is -4.59. The summed E-state index contributed by atoms with van der Waals surface area (Å²) >= 11 is 0. The van der Waals surface area contributed by atoms with Crippen molar-refractivity contribution in [2.75, 3.05) is 11.9 Å². The van der Waals surface area contributed by atoms with Gasteiger partial charge in [0.2, 0.25) is 17.7 Å². The number of amides is 1. The molecule has 1 amide bonds. The van der Waals surface area contributed by atoms with E-state index in [4.69, 9.17) is 4.42 Å². The van der Waals surface area contributed by atoms with Gasteiger partial charge in [0.1, 0.15) is 11.8 Å². The maximum absolute atomic E-state index is 12.8. The van der Waals surface area contributed by atoms with E-state index in [1.165, 1.54) is 11.1 Å². The first-order chi connectivity index (χ1) is 17.2. The molecule has 174 valence electrons. The monoisotopic (exact) mass is 467 g/mol. The smallest absolute Gasteiger partial charge is 0.230 e. The zero-order valence-electron chi connectivity index (χ0n) is 18.7. The summed E-state index contributed by atoms with van der Waals surface area (Å²) < 4.78 is 5.81. The number of nitriles is 1. The number of aromatic nitrogens is 6. The number of fused-ring (bicyclic) bond motifs is 2. The Balaban J connectivity index is 1.13. The first kappa shape index (κ1) is 21.0. The lowest BCUT2D eigenvalue weighted by atomic mass is 10.1. The predicted molar refractivity (Wildman–Crippen MR) is 123 cm³/mol. The minimum atomic E-state index is -0.161. The van der Waals surface area contributed by atoms with Crippen LogP contribution in [0.25, 0.3) is 11.5 Å². The van der Waals surface area contributed by atoms with E-state index in [1.807, 2.05) is 6.07 Å². The van der Waals surface area contributed by atoms with Crippen molar-refractivity contribution >= 4 is 11.9 Å². The second kappa shape index (κ2) is 8.64. The lowest BCUT2D eigenvalue weighted by molar-refractivity contribution is -0.131. The summed E-state index contributed by atoms with van der Waals surface area (Å²) in [5, 5.41) is 23.5. The fraction of sp³-hybridized carbons (Fsp3) is 0.292. The standard InChI is InChI=1S/C24H21N9O2/c25-10-19-21(9-22(34)33-6-5-18-20(13-33)31-32-30-18)35-23(29-19)16-11-26-24(27-12-16)28-17-7-14-3-1-2-4-15(14)8-17/h1-4,11-12,17H,5-9,13H2,(H,26,27,28)(H,30,31,32). The van der Waals surface area contributed by atoms with Gasteiger partial charge in [-0.1, -0.05) is 29.5 Å². The van der Waals surface area contributed by atoms with Crippen molar-refractivity contribution in [1.82, 2.24) is 35.3 Å². The summed E-state index contributed by atoms with van der Waals surface area (Å²) in [5.41, 5.74) is 5.01. The maximum Gasteiger partial charge on any atom is 0.230 e. The third-order valence-electron chi connectivity index (χ3n) is 6.43. The number of carbonyl (C=O) groups excluding carboxylic acids is 1. The molecule has 0 saturated carbocycles. The Bertz CT molecular complexity index is 1410. The maximum atomic E-state index is 12.8. The minimum Gasteiger partial charge on any atom is -0.439 e. The van der Waals surface area contributed by atoms with Crippen molar-refractivity contribution in [3.8, 4) is 17.5 Å². The highest BCUT2D eigenvalue weighted by atomic mass is 16.4. The van der Waals surface area contributed by atoms with Crippen LogP contribution in [0.5, 0.6) is 0 Å². The molecule has 3 aromatic heterocycles. The molecule has 2 N–H and O–H groups in total. The van der Waals surface area contributed by atoms with Crippen LogP contribution in [0.3, 0.4) is 0 Å². The van der Waals surface area contributed by atoms with Crippen LogP contribution in [0.1, 0.15) is 34.0 Å². The average Bonchev–Trinajstić information content (AvgIpc) is 3.61. The largest absolute Gasteiger partial charge is 0.439 e. The minimum absolute atomic E-state index is 0.0637. The molecule has 1 aromatic carbocycles. The molecule has 35 heavy (non-hydrogen) atoms. The number of H-pyrrole nitrogens is 1. The Morgan fingerprint density at radius 2 is 2.00 bits per heavy atom. The van der Waals surface area contributed by atoms with Crippen LogP contribution < -0.4 is 5.32 Å². The van der Waals surface area contributed by atoms with Gasteiger partial charge in [0, 0.05) is 31.4 Å². The first-order valence-corrected chi connectivity index (χ1v) is 11.4. The van der Waals surface area contributed by atoms with Crippen molar-refractivity contribution < 1.29 is 9.21 Å². The van der Waals surface area contributed by atoms with Gasteiger partial charge in [0.15, 0.2) is 11.5 Å². The van der Waals surface area contributed by atoms with Gasteiger partial charge in [-0.2, -0.15) is 10.2 Å². The zero-order valence-corrected chi connectivity index (χ0v) is 18.7. The molecule has 0 radical (unpaired) electrons. The number of anilines is 1. The molecule has 0 bridgehead atoms. The molecular formula is C24H21N9O2. The van der Waals surface area contributed by atoms with E-state index in [2.05, 4.69) is 59.9 Å². The normalized spacial score (nSPS) is 14.9. The van der Waals surface area contributed by atoms with Crippen LogP contribution in [0.4, 0.5) is 5.95 Å². The van der Waals surface area contributed by atoms with Crippen LogP contribution in [-0.2, 0) is 37.0 Å². The molecule has 0 saturated heterocycles. The fourth-order valence-corrected chi connectivity index (χ4v) is 4.61. The molecule has 4 aromatic rings. The van der Waals surface area contributed by atoms with Crippen LogP contribution in [0.2, 0.25) is 0 Å². The molecule has 1 aliphatic carbocycles. The van der Waals surface area contributed by atoms with E-state index in [-0.39, 0.29) is 35.7 Å². The summed E-state index contributed by atoms with van der Waals surface area (Å²) in [6.45, 7) is 0.925. The summed E-state index contributed by atoms with van der Waals surface area (Å²) in [6, 6.07) is 10.7. The van der Waals surface area contributed by atoms with Crippen molar-refractivity contribution in [3.05, 3.63) is 70.6 Å². The number of aromatic amines is 1. The molecule has 4 heterocycles. The Morgan fingerprint density at radius 3 is 2.74 bits per heavy atom. The van der Waals surface area contributed by atoms with E-state index >= 15 is 0 Å². The van der Waals surface area contributed by atoms with E-state index in [9.17, 15) is 10.1 Å². The van der Waals surface area contributed by atoms with Crippen molar-refractivity contribution in [3.63, 3.8) is 0 Å². The molecule has 2 aliphatic rings. The van der Waals surface area contributed by atoms with Gasteiger partial charge in [0.05, 0.1) is 24.2 Å². The van der Waals surface area contributed by atoms with Crippen molar-refractivity contribution in [2.24, 2.45) is 0 Å². The van der Waals surface area contributed by atoms with Crippen LogP contribution in [0, 0.1) is 11.3 Å². The SMILES string of the molecule is N#Cc1nc(-c2cnc(NC3Cc4ccccc4C3)nc2)oc1CC(=O)N1CCc2[nH]nnc2C1. The lowest BCUT2D eigenvalue weighted by Crippen LogP contribution is -2.37. The number of hydrogen-bond donors (Lipinski definition) is 2. The van der Waals surface area contributed by atoms with E-state index in [1.54, 1.807) is 17.3 Å². The number of nitrogens with zero attached hydrogens (tertiary/aromatic N) is 7. The summed E-state index contributed by atoms with van der Waals surface area (Å²) in [7, 11) is 0. The number of nitrogens with one attached hydrogen (secondary N) is 2. The number of carbonyl (C=O) groups is 1. The van der Waals surface area contributed by atoms with E-state index in [0.29, 0.717) is 31.0 Å². The highest BCUT2D eigenvalue weighted by Crippen LogP contribution is 2.25. The number of rotatable bonds is 5. The quantitative estimate of drug-likeness (QED) is 0.448. The number of oxazole rings is 1. The molecule has 0 atom stereocenters. The highest BCUT2D eigenvalue weighted by molar-refractivity contribution is 5.79. The number of benzene rings is 1. The molecule has 6 rings (SSSR count). The van der Waals surface area contributed by atoms with Gasteiger partial charge in [-0.15, -0.1) is 5.10 Å². The molecular weight excluding hydrogens is 446 g/mol. The van der Waals surface area contributed by atoms with Crippen molar-refractivity contribution in [1.29, 1.82) is 5.26 Å². The Morgan fingerprint density at radius 1 is 1.23 bits per heavy atom. The van der Waals surface area contributed by atoms with Crippen LogP contribution in [-0.4, -0.2) is 53.8 Å². The van der Waals surface area contributed by atoms with Gasteiger partial charge in [-0.25, -0.2) is 9.97 Å². The van der Waals surface area contributed by atoms with Gasteiger partial charge in [-0.05, 0) is 24.0 Å². The molecule has 0 fully saturated rings. The van der Waals surface area contributed by atoms with Gasteiger partial charge in [0.25, 0.3) is 0 Å². The summed E-state index contributed by atoms with van der Waals surface area (Å²) in [6.07, 6.45) is 5.66. The average molecular weight is 467 g/mol. The van der Waals surface area contributed by atoms with E-state index < -0.39 is 0 Å². The third-order valence-corrected chi connectivity index (χ3v) is 6.43. The molecule has 1 aliphatic heterocycles. The number of hydrogen-bond acceptors (Lipinski definition) is 9. The fourth-order valence-electron chi connectivity index (χ4n) is 4.61. The van der Waals surface area contributed by atoms with Gasteiger partial charge >= 0.3 is 0 Å². The second-order valence-corrected chi connectivity index (χ2v) is 8.70. The zero-order chi connectivity index (χ0) is 23.8. The summed E-state index contributed by atoms with van der Waals surface area (Å²) in [4.78, 5) is 27.6. The molecule has 0 unspecified atom stereocenters. The van der Waals surface area contributed by atoms with Gasteiger partial charge in [-0.3, -0.25) is 9.89 Å². The highest BCUT2D eigenvalue weighted by Gasteiger charge is 2.26.